The highest BCUT2D eigenvalue weighted by atomic mass is 16.6. The Morgan fingerprint density at radius 3 is 2.29 bits per heavy atom. The van der Waals surface area contributed by atoms with Crippen LogP contribution >= 0.6 is 0 Å². The van der Waals surface area contributed by atoms with Gasteiger partial charge in [0.15, 0.2) is 0 Å². The maximum atomic E-state index is 10.9. The van der Waals surface area contributed by atoms with Crippen molar-refractivity contribution in [2.75, 3.05) is 33.0 Å². The summed E-state index contributed by atoms with van der Waals surface area (Å²) in [5, 5.41) is 0. The second kappa shape index (κ2) is 10.5. The third-order valence-electron chi connectivity index (χ3n) is 1.52. The van der Waals surface area contributed by atoms with Crippen LogP contribution in [0.25, 0.3) is 0 Å². The van der Waals surface area contributed by atoms with Gasteiger partial charge in [-0.25, -0.2) is 0 Å². The fourth-order valence-corrected chi connectivity index (χ4v) is 0.855. The van der Waals surface area contributed by atoms with Gasteiger partial charge in [-0.1, -0.05) is 6.92 Å². The molecule has 0 heterocycles. The normalized spacial score (nSPS) is 10.1. The van der Waals surface area contributed by atoms with Gasteiger partial charge in [0.05, 0.1) is 19.8 Å². The van der Waals surface area contributed by atoms with E-state index in [0.717, 1.165) is 6.42 Å². The molecule has 0 N–H and O–H groups in total. The van der Waals surface area contributed by atoms with Crippen LogP contribution in [0.5, 0.6) is 0 Å². The van der Waals surface area contributed by atoms with E-state index in [1.165, 1.54) is 0 Å². The van der Waals surface area contributed by atoms with Gasteiger partial charge in [-0.15, -0.1) is 0 Å². The van der Waals surface area contributed by atoms with Gasteiger partial charge in [0.25, 0.3) is 0 Å². The van der Waals surface area contributed by atoms with E-state index >= 15 is 0 Å². The summed E-state index contributed by atoms with van der Waals surface area (Å²) in [6, 6.07) is 0. The molecule has 4 nitrogen and oxygen atoms in total. The second-order valence-corrected chi connectivity index (χ2v) is 2.78. The molecule has 0 amide bonds. The molecule has 0 bridgehead atoms. The van der Waals surface area contributed by atoms with E-state index in [1.807, 2.05) is 13.8 Å². The molecule has 0 aromatic rings. The Morgan fingerprint density at radius 2 is 1.64 bits per heavy atom. The monoisotopic (exact) mass is 204 g/mol. The van der Waals surface area contributed by atoms with Crippen molar-refractivity contribution in [2.45, 2.75) is 26.7 Å². The van der Waals surface area contributed by atoms with Crippen LogP contribution in [-0.2, 0) is 19.0 Å². The van der Waals surface area contributed by atoms with E-state index in [0.29, 0.717) is 39.5 Å². The predicted molar refractivity (Wildman–Crippen MR) is 53.2 cm³/mol. The minimum absolute atomic E-state index is 0.152. The van der Waals surface area contributed by atoms with E-state index < -0.39 is 0 Å². The molecule has 4 heteroatoms. The van der Waals surface area contributed by atoms with Gasteiger partial charge in [0, 0.05) is 13.0 Å². The Bertz CT molecular complexity index is 136. The first kappa shape index (κ1) is 13.4. The first-order valence-corrected chi connectivity index (χ1v) is 5.12. The van der Waals surface area contributed by atoms with Gasteiger partial charge in [0.1, 0.15) is 6.61 Å². The highest BCUT2D eigenvalue weighted by Crippen LogP contribution is 1.90. The molecule has 14 heavy (non-hydrogen) atoms. The molecule has 0 saturated carbocycles. The summed E-state index contributed by atoms with van der Waals surface area (Å²) in [6.07, 6.45) is 1.31. The lowest BCUT2D eigenvalue weighted by Crippen LogP contribution is -2.12. The van der Waals surface area contributed by atoms with Gasteiger partial charge >= 0.3 is 5.97 Å². The van der Waals surface area contributed by atoms with Crippen molar-refractivity contribution in [2.24, 2.45) is 0 Å². The molecule has 0 fully saturated rings. The molecular formula is C10H20O4. The summed E-state index contributed by atoms with van der Waals surface area (Å²) in [5.41, 5.74) is 0. The number of carbonyl (C=O) groups excluding carboxylic acids is 1. The molecule has 0 aliphatic carbocycles. The fraction of sp³-hybridized carbons (Fsp3) is 0.900. The SMILES string of the molecule is CCCC(=O)OCCOCCOCC. The molecule has 0 radical (unpaired) electrons. The van der Waals surface area contributed by atoms with E-state index in [1.54, 1.807) is 0 Å². The number of rotatable bonds is 9. The van der Waals surface area contributed by atoms with Crippen LogP contribution in [0.3, 0.4) is 0 Å². The van der Waals surface area contributed by atoms with E-state index in [2.05, 4.69) is 0 Å². The number of hydrogen-bond donors (Lipinski definition) is 0. The maximum absolute atomic E-state index is 10.9. The van der Waals surface area contributed by atoms with Crippen LogP contribution < -0.4 is 0 Å². The Balaban J connectivity index is 3.01. The summed E-state index contributed by atoms with van der Waals surface area (Å²) in [6.45, 7) is 6.52. The van der Waals surface area contributed by atoms with Crippen LogP contribution in [0.2, 0.25) is 0 Å². The molecule has 0 rings (SSSR count). The van der Waals surface area contributed by atoms with Crippen molar-refractivity contribution in [3.8, 4) is 0 Å². The lowest BCUT2D eigenvalue weighted by molar-refractivity contribution is -0.145. The molecule has 84 valence electrons. The summed E-state index contributed by atoms with van der Waals surface area (Å²) in [4.78, 5) is 10.9. The number of ether oxygens (including phenoxy) is 3. The third kappa shape index (κ3) is 9.48. The first-order valence-electron chi connectivity index (χ1n) is 5.12. The fourth-order valence-electron chi connectivity index (χ4n) is 0.855. The zero-order chi connectivity index (χ0) is 10.6. The molecule has 0 unspecified atom stereocenters. The predicted octanol–water partition coefficient (Wildman–Crippen LogP) is 1.38. The van der Waals surface area contributed by atoms with Crippen LogP contribution in [0, 0.1) is 0 Å². The second-order valence-electron chi connectivity index (χ2n) is 2.78. The summed E-state index contributed by atoms with van der Waals surface area (Å²) >= 11 is 0. The third-order valence-corrected chi connectivity index (χ3v) is 1.52. The van der Waals surface area contributed by atoms with E-state index in [9.17, 15) is 4.79 Å². The van der Waals surface area contributed by atoms with Crippen molar-refractivity contribution < 1.29 is 19.0 Å². The summed E-state index contributed by atoms with van der Waals surface area (Å²) < 4.78 is 15.1. The molecule has 0 aliphatic rings. The zero-order valence-electron chi connectivity index (χ0n) is 9.08. The standard InChI is InChI=1S/C10H20O4/c1-3-5-10(11)14-9-8-13-7-6-12-4-2/h3-9H2,1-2H3. The van der Waals surface area contributed by atoms with Gasteiger partial charge < -0.3 is 14.2 Å². The minimum Gasteiger partial charge on any atom is -0.463 e. The van der Waals surface area contributed by atoms with Crippen molar-refractivity contribution in [3.05, 3.63) is 0 Å². The van der Waals surface area contributed by atoms with E-state index in [-0.39, 0.29) is 5.97 Å². The lowest BCUT2D eigenvalue weighted by Gasteiger charge is -2.05. The quantitative estimate of drug-likeness (QED) is 0.420. The van der Waals surface area contributed by atoms with Crippen LogP contribution in [0.4, 0.5) is 0 Å². The average Bonchev–Trinajstić information content (AvgIpc) is 2.17. The maximum Gasteiger partial charge on any atom is 0.305 e. The van der Waals surface area contributed by atoms with Gasteiger partial charge in [-0.05, 0) is 13.3 Å². The van der Waals surface area contributed by atoms with Gasteiger partial charge in [-0.2, -0.15) is 0 Å². The molecule has 0 aromatic carbocycles. The van der Waals surface area contributed by atoms with Crippen LogP contribution in [-0.4, -0.2) is 39.0 Å². The van der Waals surface area contributed by atoms with Crippen molar-refractivity contribution >= 4 is 5.97 Å². The van der Waals surface area contributed by atoms with Gasteiger partial charge in [0.2, 0.25) is 0 Å². The Labute approximate surface area is 85.5 Å². The highest BCUT2D eigenvalue weighted by molar-refractivity contribution is 5.69. The van der Waals surface area contributed by atoms with Crippen LogP contribution in [0.1, 0.15) is 26.7 Å². The average molecular weight is 204 g/mol. The molecule has 0 saturated heterocycles. The Hall–Kier alpha value is -0.610. The zero-order valence-corrected chi connectivity index (χ0v) is 9.08. The molecular weight excluding hydrogens is 184 g/mol. The summed E-state index contributed by atoms with van der Waals surface area (Å²) in [5.74, 6) is -0.152. The lowest BCUT2D eigenvalue weighted by atomic mass is 10.3. The van der Waals surface area contributed by atoms with Gasteiger partial charge in [-0.3, -0.25) is 4.79 Å². The molecule has 0 aromatic heterocycles. The van der Waals surface area contributed by atoms with Crippen molar-refractivity contribution in [1.82, 2.24) is 0 Å². The van der Waals surface area contributed by atoms with Crippen LogP contribution in [0.15, 0.2) is 0 Å². The Morgan fingerprint density at radius 1 is 1.00 bits per heavy atom. The number of carbonyl (C=O) groups is 1. The smallest absolute Gasteiger partial charge is 0.305 e. The number of esters is 1. The molecule has 0 atom stereocenters. The topological polar surface area (TPSA) is 44.8 Å². The largest absolute Gasteiger partial charge is 0.463 e. The molecule has 0 aliphatic heterocycles. The minimum atomic E-state index is -0.152. The van der Waals surface area contributed by atoms with Crippen molar-refractivity contribution in [3.63, 3.8) is 0 Å². The summed E-state index contributed by atoms with van der Waals surface area (Å²) in [7, 11) is 0. The first-order chi connectivity index (χ1) is 6.81. The Kier molecular flexibility index (Phi) is 10.0. The van der Waals surface area contributed by atoms with Crippen molar-refractivity contribution in [1.29, 1.82) is 0 Å². The number of hydrogen-bond acceptors (Lipinski definition) is 4. The highest BCUT2D eigenvalue weighted by Gasteiger charge is 1.99. The van der Waals surface area contributed by atoms with E-state index in [4.69, 9.17) is 14.2 Å². The molecule has 0 spiro atoms.